The first-order chi connectivity index (χ1) is 16.7. The maximum Gasteiger partial charge on any atom is 0.326 e. The summed E-state index contributed by atoms with van der Waals surface area (Å²) in [7, 11) is 0. The molecule has 4 heterocycles. The molecule has 1 fully saturated rings. The van der Waals surface area contributed by atoms with E-state index in [1.165, 1.54) is 11.3 Å². The molecule has 2 aliphatic heterocycles. The lowest BCUT2D eigenvalue weighted by Crippen LogP contribution is -2.20. The number of rotatable bonds is 6. The minimum absolute atomic E-state index is 0.332. The molecule has 2 amide bonds. The summed E-state index contributed by atoms with van der Waals surface area (Å²) in [5, 5.41) is 8.06. The number of pyridine rings is 1. The van der Waals surface area contributed by atoms with E-state index in [0.717, 1.165) is 22.6 Å². The number of hydrogen-bond acceptors (Lipinski definition) is 8. The van der Waals surface area contributed by atoms with Crippen LogP contribution in [0.2, 0.25) is 0 Å². The Morgan fingerprint density at radius 3 is 2.71 bits per heavy atom. The first-order valence-electron chi connectivity index (χ1n) is 10.6. The molecule has 10 heteroatoms. The SMILES string of the molecule is O=C(Nc1cccc(Oc2ccc(C3OCCO3)cc2)n1)Nc1csc(C2=CC=NC=CC2)n1. The molecule has 3 aromatic rings. The van der Waals surface area contributed by atoms with Crippen LogP contribution in [0.15, 0.2) is 71.2 Å². The zero-order chi connectivity index (χ0) is 23.2. The quantitative estimate of drug-likeness (QED) is 0.495. The van der Waals surface area contributed by atoms with E-state index >= 15 is 0 Å². The van der Waals surface area contributed by atoms with Crippen molar-refractivity contribution in [3.8, 4) is 11.6 Å². The number of amides is 2. The summed E-state index contributed by atoms with van der Waals surface area (Å²) in [6.07, 6.45) is 7.77. The van der Waals surface area contributed by atoms with Crippen molar-refractivity contribution in [3.05, 3.63) is 76.8 Å². The van der Waals surface area contributed by atoms with E-state index in [9.17, 15) is 4.79 Å². The summed E-state index contributed by atoms with van der Waals surface area (Å²) in [4.78, 5) is 25.4. The fourth-order valence-electron chi connectivity index (χ4n) is 3.30. The number of carbonyl (C=O) groups excluding carboxylic acids is 1. The number of ether oxygens (including phenoxy) is 3. The molecule has 0 aliphatic carbocycles. The number of anilines is 2. The lowest BCUT2D eigenvalue weighted by atomic mass is 10.2. The fraction of sp³-hybridized carbons (Fsp3) is 0.167. The molecule has 1 aromatic carbocycles. The van der Waals surface area contributed by atoms with Gasteiger partial charge in [-0.05, 0) is 36.3 Å². The van der Waals surface area contributed by atoms with Gasteiger partial charge in [-0.1, -0.05) is 24.3 Å². The molecule has 0 atom stereocenters. The number of hydrogen-bond donors (Lipinski definition) is 2. The van der Waals surface area contributed by atoms with E-state index < -0.39 is 6.03 Å². The van der Waals surface area contributed by atoms with E-state index in [1.54, 1.807) is 36.0 Å². The van der Waals surface area contributed by atoms with Crippen molar-refractivity contribution >= 4 is 40.8 Å². The first-order valence-corrected chi connectivity index (χ1v) is 11.5. The topological polar surface area (TPSA) is 107 Å². The predicted molar refractivity (Wildman–Crippen MR) is 130 cm³/mol. The molecule has 0 saturated carbocycles. The van der Waals surface area contributed by atoms with Crippen LogP contribution in [0, 0.1) is 0 Å². The van der Waals surface area contributed by atoms with Gasteiger partial charge in [0.1, 0.15) is 22.4 Å². The predicted octanol–water partition coefficient (Wildman–Crippen LogP) is 5.39. The summed E-state index contributed by atoms with van der Waals surface area (Å²) in [5.74, 6) is 1.78. The number of nitrogens with zero attached hydrogens (tertiary/aromatic N) is 3. The fourth-order valence-corrected chi connectivity index (χ4v) is 4.09. The Morgan fingerprint density at radius 2 is 1.85 bits per heavy atom. The number of urea groups is 1. The molecule has 172 valence electrons. The Bertz CT molecular complexity index is 1250. The van der Waals surface area contributed by atoms with Gasteiger partial charge in [0.2, 0.25) is 5.88 Å². The summed E-state index contributed by atoms with van der Waals surface area (Å²) in [6, 6.07) is 12.1. The lowest BCUT2D eigenvalue weighted by molar-refractivity contribution is -0.0441. The molecule has 0 unspecified atom stereocenters. The van der Waals surface area contributed by atoms with Gasteiger partial charge in [-0.15, -0.1) is 11.3 Å². The third kappa shape index (κ3) is 5.54. The van der Waals surface area contributed by atoms with Crippen LogP contribution in [-0.4, -0.2) is 35.4 Å². The van der Waals surface area contributed by atoms with Crippen LogP contribution in [-0.2, 0) is 9.47 Å². The number of nitrogens with one attached hydrogen (secondary N) is 2. The van der Waals surface area contributed by atoms with Gasteiger partial charge in [-0.3, -0.25) is 15.6 Å². The number of carbonyl (C=O) groups is 1. The lowest BCUT2D eigenvalue weighted by Gasteiger charge is -2.11. The second kappa shape index (κ2) is 10.4. The van der Waals surface area contributed by atoms with Crippen LogP contribution in [0.25, 0.3) is 5.57 Å². The molecule has 9 nitrogen and oxygen atoms in total. The molecule has 2 aromatic heterocycles. The van der Waals surface area contributed by atoms with Gasteiger partial charge in [-0.2, -0.15) is 4.98 Å². The van der Waals surface area contributed by atoms with Gasteiger partial charge >= 0.3 is 6.03 Å². The van der Waals surface area contributed by atoms with Crippen LogP contribution < -0.4 is 15.4 Å². The maximum absolute atomic E-state index is 12.4. The van der Waals surface area contributed by atoms with Crippen molar-refractivity contribution in [3.63, 3.8) is 0 Å². The Kier molecular flexibility index (Phi) is 6.71. The van der Waals surface area contributed by atoms with Crippen molar-refractivity contribution in [2.75, 3.05) is 23.8 Å². The highest BCUT2D eigenvalue weighted by Gasteiger charge is 2.18. The molecular weight excluding hydrogens is 454 g/mol. The second-order valence-electron chi connectivity index (χ2n) is 7.30. The van der Waals surface area contributed by atoms with Crippen LogP contribution >= 0.6 is 11.3 Å². The highest BCUT2D eigenvalue weighted by Crippen LogP contribution is 2.28. The summed E-state index contributed by atoms with van der Waals surface area (Å²) in [5.41, 5.74) is 1.97. The zero-order valence-corrected chi connectivity index (χ0v) is 18.8. The van der Waals surface area contributed by atoms with Crippen molar-refractivity contribution in [2.24, 2.45) is 4.99 Å². The van der Waals surface area contributed by atoms with E-state index in [-0.39, 0.29) is 6.29 Å². The molecule has 34 heavy (non-hydrogen) atoms. The first kappa shape index (κ1) is 22.0. The maximum atomic E-state index is 12.4. The Labute approximate surface area is 199 Å². The molecule has 0 bridgehead atoms. The van der Waals surface area contributed by atoms with Crippen molar-refractivity contribution in [2.45, 2.75) is 12.7 Å². The summed E-state index contributed by atoms with van der Waals surface area (Å²) in [6.45, 7) is 1.18. The monoisotopic (exact) mass is 475 g/mol. The van der Waals surface area contributed by atoms with Gasteiger partial charge in [0.15, 0.2) is 6.29 Å². The van der Waals surface area contributed by atoms with Crippen molar-refractivity contribution in [1.29, 1.82) is 0 Å². The highest BCUT2D eigenvalue weighted by molar-refractivity contribution is 7.11. The van der Waals surface area contributed by atoms with Gasteiger partial charge in [0.25, 0.3) is 0 Å². The average molecular weight is 476 g/mol. The standard InChI is InChI=1S/C24H21N5O4S/c30-24(29-20-15-34-22(27-20)16-3-2-11-25-12-10-16)28-19-4-1-5-21(26-19)33-18-8-6-17(7-9-18)23-31-13-14-32-23/h1-2,4-12,15,23H,3,13-14H2,(H2,26,28,29,30). The molecule has 0 spiro atoms. The van der Waals surface area contributed by atoms with Crippen molar-refractivity contribution in [1.82, 2.24) is 9.97 Å². The Morgan fingerprint density at radius 1 is 1.03 bits per heavy atom. The zero-order valence-electron chi connectivity index (χ0n) is 18.0. The second-order valence-corrected chi connectivity index (χ2v) is 8.16. The third-order valence-electron chi connectivity index (χ3n) is 4.87. The number of aliphatic imine (C=N–C) groups is 1. The third-order valence-corrected chi connectivity index (χ3v) is 5.79. The number of aromatic nitrogens is 2. The Hall–Kier alpha value is -3.86. The average Bonchev–Trinajstić information content (AvgIpc) is 3.47. The van der Waals surface area contributed by atoms with Crippen LogP contribution in [0.3, 0.4) is 0 Å². The largest absolute Gasteiger partial charge is 0.439 e. The van der Waals surface area contributed by atoms with Crippen LogP contribution in [0.4, 0.5) is 16.4 Å². The number of benzene rings is 1. The molecule has 2 N–H and O–H groups in total. The highest BCUT2D eigenvalue weighted by atomic mass is 32.1. The molecular formula is C24H21N5O4S. The van der Waals surface area contributed by atoms with Gasteiger partial charge in [-0.25, -0.2) is 9.78 Å². The van der Waals surface area contributed by atoms with Crippen LogP contribution in [0.5, 0.6) is 11.6 Å². The Balaban J connectivity index is 1.18. The molecule has 2 aliphatic rings. The van der Waals surface area contributed by atoms with E-state index in [2.05, 4.69) is 25.6 Å². The van der Waals surface area contributed by atoms with E-state index in [4.69, 9.17) is 14.2 Å². The molecule has 1 saturated heterocycles. The minimum atomic E-state index is -0.446. The molecule has 5 rings (SSSR count). The van der Waals surface area contributed by atoms with Gasteiger partial charge < -0.3 is 14.2 Å². The normalized spacial score (nSPS) is 15.6. The van der Waals surface area contributed by atoms with Crippen molar-refractivity contribution < 1.29 is 19.0 Å². The number of thiazole rings is 1. The van der Waals surface area contributed by atoms with Gasteiger partial charge in [0.05, 0.1) is 13.2 Å². The smallest absolute Gasteiger partial charge is 0.326 e. The summed E-state index contributed by atoms with van der Waals surface area (Å²) >= 11 is 1.46. The van der Waals surface area contributed by atoms with E-state index in [1.807, 2.05) is 36.4 Å². The summed E-state index contributed by atoms with van der Waals surface area (Å²) < 4.78 is 16.8. The van der Waals surface area contributed by atoms with Crippen LogP contribution in [0.1, 0.15) is 23.3 Å². The van der Waals surface area contributed by atoms with Gasteiger partial charge in [0, 0.05) is 29.4 Å². The van der Waals surface area contributed by atoms with E-state index in [0.29, 0.717) is 36.5 Å². The number of allylic oxidation sites excluding steroid dienone is 3. The minimum Gasteiger partial charge on any atom is -0.439 e. The molecule has 0 radical (unpaired) electrons.